The number of nitrogens with two attached hydrogens (primary N) is 1. The Morgan fingerprint density at radius 3 is 2.33 bits per heavy atom. The summed E-state index contributed by atoms with van der Waals surface area (Å²) in [7, 11) is 4.81. The van der Waals surface area contributed by atoms with Gasteiger partial charge in [-0.3, -0.25) is 10.8 Å². The standard InChI is InChI=1S/C15H19N3O3/c1-19-10-4-5-11(13(8-10)20-2)15(18-16)12-6-7-17-9-14(12)21-3/h4-9,15,18H,16H2,1-3H3. The van der Waals surface area contributed by atoms with Gasteiger partial charge in [-0.15, -0.1) is 0 Å². The lowest BCUT2D eigenvalue weighted by Crippen LogP contribution is -2.29. The number of hydrogen-bond donors (Lipinski definition) is 2. The molecule has 6 heteroatoms. The van der Waals surface area contributed by atoms with Crippen molar-refractivity contribution in [2.45, 2.75) is 6.04 Å². The van der Waals surface area contributed by atoms with Crippen LogP contribution in [0.2, 0.25) is 0 Å². The van der Waals surface area contributed by atoms with Gasteiger partial charge < -0.3 is 14.2 Å². The number of pyridine rings is 1. The third kappa shape index (κ3) is 3.07. The van der Waals surface area contributed by atoms with Crippen LogP contribution in [0.3, 0.4) is 0 Å². The molecule has 0 saturated heterocycles. The molecule has 21 heavy (non-hydrogen) atoms. The van der Waals surface area contributed by atoms with E-state index in [0.29, 0.717) is 17.2 Å². The second-order valence-corrected chi connectivity index (χ2v) is 4.33. The van der Waals surface area contributed by atoms with Crippen molar-refractivity contribution in [2.24, 2.45) is 5.84 Å². The summed E-state index contributed by atoms with van der Waals surface area (Å²) < 4.78 is 16.0. The molecule has 1 heterocycles. The number of aromatic nitrogens is 1. The Morgan fingerprint density at radius 2 is 1.71 bits per heavy atom. The summed E-state index contributed by atoms with van der Waals surface area (Å²) in [6, 6.07) is 7.14. The predicted octanol–water partition coefficient (Wildman–Crippen LogP) is 1.66. The van der Waals surface area contributed by atoms with E-state index in [0.717, 1.165) is 11.1 Å². The molecule has 3 N–H and O–H groups in total. The molecular formula is C15H19N3O3. The highest BCUT2D eigenvalue weighted by Crippen LogP contribution is 2.35. The number of nitrogens with one attached hydrogen (secondary N) is 1. The summed E-state index contributed by atoms with van der Waals surface area (Å²) >= 11 is 0. The Labute approximate surface area is 123 Å². The molecule has 1 atom stereocenters. The van der Waals surface area contributed by atoms with Gasteiger partial charge in [0.15, 0.2) is 0 Å². The number of methoxy groups -OCH3 is 3. The van der Waals surface area contributed by atoms with Gasteiger partial charge in [0, 0.05) is 23.4 Å². The Bertz CT molecular complexity index is 604. The van der Waals surface area contributed by atoms with Gasteiger partial charge in [-0.2, -0.15) is 0 Å². The molecule has 0 bridgehead atoms. The van der Waals surface area contributed by atoms with E-state index in [-0.39, 0.29) is 6.04 Å². The molecule has 2 aromatic rings. The van der Waals surface area contributed by atoms with E-state index >= 15 is 0 Å². The molecule has 6 nitrogen and oxygen atoms in total. The Kier molecular flexibility index (Phi) is 4.97. The van der Waals surface area contributed by atoms with E-state index in [1.807, 2.05) is 24.3 Å². The minimum Gasteiger partial charge on any atom is -0.497 e. The first-order valence-corrected chi connectivity index (χ1v) is 6.41. The first-order chi connectivity index (χ1) is 10.2. The van der Waals surface area contributed by atoms with E-state index < -0.39 is 0 Å². The Hall–Kier alpha value is -2.31. The fourth-order valence-corrected chi connectivity index (χ4v) is 2.20. The number of rotatable bonds is 6. The molecule has 0 saturated carbocycles. The largest absolute Gasteiger partial charge is 0.497 e. The van der Waals surface area contributed by atoms with Gasteiger partial charge in [-0.05, 0) is 18.2 Å². The molecule has 0 aliphatic rings. The topological polar surface area (TPSA) is 78.6 Å². The van der Waals surface area contributed by atoms with Gasteiger partial charge in [0.2, 0.25) is 0 Å². The van der Waals surface area contributed by atoms with E-state index in [2.05, 4.69) is 10.4 Å². The van der Waals surface area contributed by atoms with Crippen LogP contribution in [0, 0.1) is 0 Å². The van der Waals surface area contributed by atoms with Gasteiger partial charge in [0.05, 0.1) is 33.6 Å². The van der Waals surface area contributed by atoms with Crippen LogP contribution in [-0.2, 0) is 0 Å². The van der Waals surface area contributed by atoms with Crippen LogP contribution in [0.15, 0.2) is 36.7 Å². The van der Waals surface area contributed by atoms with E-state index in [4.69, 9.17) is 20.1 Å². The Morgan fingerprint density at radius 1 is 1.00 bits per heavy atom. The van der Waals surface area contributed by atoms with Crippen LogP contribution in [0.25, 0.3) is 0 Å². The number of ether oxygens (including phenoxy) is 3. The van der Waals surface area contributed by atoms with Crippen LogP contribution < -0.4 is 25.5 Å². The highest BCUT2D eigenvalue weighted by Gasteiger charge is 2.21. The first kappa shape index (κ1) is 15.1. The van der Waals surface area contributed by atoms with Gasteiger partial charge in [-0.1, -0.05) is 0 Å². The molecule has 1 aromatic carbocycles. The molecule has 0 aliphatic heterocycles. The maximum Gasteiger partial charge on any atom is 0.142 e. The quantitative estimate of drug-likeness (QED) is 0.622. The van der Waals surface area contributed by atoms with Crippen molar-refractivity contribution in [3.05, 3.63) is 47.8 Å². The van der Waals surface area contributed by atoms with Crippen molar-refractivity contribution in [3.8, 4) is 17.2 Å². The third-order valence-corrected chi connectivity index (χ3v) is 3.27. The molecule has 0 aliphatic carbocycles. The summed E-state index contributed by atoms with van der Waals surface area (Å²) in [4.78, 5) is 4.05. The minimum absolute atomic E-state index is 0.288. The fourth-order valence-electron chi connectivity index (χ4n) is 2.20. The normalized spacial score (nSPS) is 11.8. The molecule has 1 unspecified atom stereocenters. The van der Waals surface area contributed by atoms with Crippen LogP contribution in [0.4, 0.5) is 0 Å². The van der Waals surface area contributed by atoms with Crippen molar-refractivity contribution in [1.82, 2.24) is 10.4 Å². The molecule has 0 spiro atoms. The summed E-state index contributed by atoms with van der Waals surface area (Å²) in [5.41, 5.74) is 4.55. The van der Waals surface area contributed by atoms with Crippen LogP contribution in [0.5, 0.6) is 17.2 Å². The van der Waals surface area contributed by atoms with Gasteiger partial charge >= 0.3 is 0 Å². The van der Waals surface area contributed by atoms with Crippen LogP contribution in [0.1, 0.15) is 17.2 Å². The number of hydrazine groups is 1. The average molecular weight is 289 g/mol. The smallest absolute Gasteiger partial charge is 0.142 e. The Balaban J connectivity index is 2.51. The highest BCUT2D eigenvalue weighted by molar-refractivity contribution is 5.48. The minimum atomic E-state index is -0.288. The zero-order valence-electron chi connectivity index (χ0n) is 12.3. The fraction of sp³-hybridized carbons (Fsp3) is 0.267. The molecule has 0 fully saturated rings. The maximum atomic E-state index is 5.74. The number of benzene rings is 1. The second-order valence-electron chi connectivity index (χ2n) is 4.33. The monoisotopic (exact) mass is 289 g/mol. The maximum absolute atomic E-state index is 5.74. The lowest BCUT2D eigenvalue weighted by atomic mass is 9.98. The highest BCUT2D eigenvalue weighted by atomic mass is 16.5. The van der Waals surface area contributed by atoms with Crippen molar-refractivity contribution < 1.29 is 14.2 Å². The van der Waals surface area contributed by atoms with Crippen LogP contribution in [-0.4, -0.2) is 26.3 Å². The van der Waals surface area contributed by atoms with Crippen molar-refractivity contribution in [2.75, 3.05) is 21.3 Å². The zero-order chi connectivity index (χ0) is 15.2. The van der Waals surface area contributed by atoms with Crippen molar-refractivity contribution in [3.63, 3.8) is 0 Å². The number of nitrogens with zero attached hydrogens (tertiary/aromatic N) is 1. The second kappa shape index (κ2) is 6.92. The number of hydrogen-bond acceptors (Lipinski definition) is 6. The zero-order valence-corrected chi connectivity index (χ0v) is 12.3. The van der Waals surface area contributed by atoms with Crippen molar-refractivity contribution >= 4 is 0 Å². The van der Waals surface area contributed by atoms with Gasteiger partial charge in [0.25, 0.3) is 0 Å². The summed E-state index contributed by atoms with van der Waals surface area (Å²) in [6.07, 6.45) is 3.34. The third-order valence-electron chi connectivity index (χ3n) is 3.27. The molecule has 2 rings (SSSR count). The first-order valence-electron chi connectivity index (χ1n) is 6.41. The molecule has 0 amide bonds. The molecule has 1 aromatic heterocycles. The van der Waals surface area contributed by atoms with Gasteiger partial charge in [-0.25, -0.2) is 5.43 Å². The summed E-state index contributed by atoms with van der Waals surface area (Å²) in [5.74, 6) is 7.79. The summed E-state index contributed by atoms with van der Waals surface area (Å²) in [6.45, 7) is 0. The average Bonchev–Trinajstić information content (AvgIpc) is 2.56. The van der Waals surface area contributed by atoms with Crippen LogP contribution >= 0.6 is 0 Å². The van der Waals surface area contributed by atoms with E-state index in [1.165, 1.54) is 0 Å². The molecule has 112 valence electrons. The van der Waals surface area contributed by atoms with Crippen molar-refractivity contribution in [1.29, 1.82) is 0 Å². The van der Waals surface area contributed by atoms with E-state index in [1.54, 1.807) is 33.7 Å². The lowest BCUT2D eigenvalue weighted by Gasteiger charge is -2.21. The van der Waals surface area contributed by atoms with E-state index in [9.17, 15) is 0 Å². The summed E-state index contributed by atoms with van der Waals surface area (Å²) in [5, 5.41) is 0. The predicted molar refractivity (Wildman–Crippen MR) is 79.5 cm³/mol. The van der Waals surface area contributed by atoms with Gasteiger partial charge in [0.1, 0.15) is 17.2 Å². The lowest BCUT2D eigenvalue weighted by molar-refractivity contribution is 0.383. The SMILES string of the molecule is COc1ccc(C(NN)c2ccncc2OC)c(OC)c1. The molecular weight excluding hydrogens is 270 g/mol. The molecule has 0 radical (unpaired) electrons.